The third-order valence-electron chi connectivity index (χ3n) is 5.53. The van der Waals surface area contributed by atoms with Crippen molar-refractivity contribution in [1.82, 2.24) is 20.8 Å². The van der Waals surface area contributed by atoms with Gasteiger partial charge in [0.15, 0.2) is 5.76 Å². The lowest BCUT2D eigenvalue weighted by molar-refractivity contribution is 0.154. The Balaban J connectivity index is 1.35. The maximum Gasteiger partial charge on any atom is 0.315 e. The summed E-state index contributed by atoms with van der Waals surface area (Å²) in [5, 5.41) is 9.78. The molecule has 0 spiro atoms. The number of hydrogen-bond donors (Lipinski definition) is 2. The molecule has 1 aliphatic carbocycles. The minimum absolute atomic E-state index is 0.250. The number of carbonyl (C=O) groups is 1. The zero-order chi connectivity index (χ0) is 21.5. The monoisotopic (exact) mass is 420 g/mol. The number of ether oxygens (including phenoxy) is 1. The maximum atomic E-state index is 12.2. The largest absolute Gasteiger partial charge is 0.489 e. The van der Waals surface area contributed by atoms with E-state index in [1.807, 2.05) is 49.4 Å². The Kier molecular flexibility index (Phi) is 6.82. The van der Waals surface area contributed by atoms with Crippen LogP contribution in [0.3, 0.4) is 0 Å². The molecule has 2 amide bonds. The number of urea groups is 1. The predicted molar refractivity (Wildman–Crippen MR) is 117 cm³/mol. The molecule has 2 heterocycles. The summed E-state index contributed by atoms with van der Waals surface area (Å²) in [5.74, 6) is 1.33. The number of nitrogens with one attached hydrogen (secondary N) is 2. The van der Waals surface area contributed by atoms with Gasteiger partial charge in [-0.3, -0.25) is 0 Å². The van der Waals surface area contributed by atoms with Crippen molar-refractivity contribution in [2.45, 2.75) is 58.2 Å². The lowest BCUT2D eigenvalue weighted by Gasteiger charge is -2.22. The van der Waals surface area contributed by atoms with Crippen LogP contribution in [-0.4, -0.2) is 22.3 Å². The molecule has 0 atom stereocenters. The highest BCUT2D eigenvalue weighted by Gasteiger charge is 2.18. The number of aromatic nitrogens is 2. The van der Waals surface area contributed by atoms with Gasteiger partial charge in [-0.15, -0.1) is 0 Å². The summed E-state index contributed by atoms with van der Waals surface area (Å²) in [6.45, 7) is 2.62. The Morgan fingerprint density at radius 1 is 1.06 bits per heavy atom. The Hall–Kier alpha value is -3.35. The number of hydrogen-bond acceptors (Lipinski definition) is 5. The molecule has 1 fully saturated rings. The quantitative estimate of drug-likeness (QED) is 0.575. The van der Waals surface area contributed by atoms with Crippen LogP contribution in [0.2, 0.25) is 0 Å². The van der Waals surface area contributed by atoms with Gasteiger partial charge in [0, 0.05) is 12.1 Å². The number of carbonyl (C=O) groups excluding carboxylic acids is 1. The van der Waals surface area contributed by atoms with Gasteiger partial charge in [-0.1, -0.05) is 41.9 Å². The van der Waals surface area contributed by atoms with Crippen LogP contribution in [0.25, 0.3) is 11.5 Å². The molecule has 0 radical (unpaired) electrons. The van der Waals surface area contributed by atoms with Crippen LogP contribution in [0.5, 0.6) is 5.75 Å². The van der Waals surface area contributed by atoms with Crippen molar-refractivity contribution in [3.63, 3.8) is 0 Å². The highest BCUT2D eigenvalue weighted by atomic mass is 16.5. The second-order valence-electron chi connectivity index (χ2n) is 7.85. The Morgan fingerprint density at radius 2 is 1.84 bits per heavy atom. The van der Waals surface area contributed by atoms with Crippen molar-refractivity contribution in [1.29, 1.82) is 0 Å². The molecule has 0 unspecified atom stereocenters. The normalized spacial score (nSPS) is 14.2. The van der Waals surface area contributed by atoms with Crippen LogP contribution in [0.1, 0.15) is 48.9 Å². The van der Waals surface area contributed by atoms with E-state index in [0.717, 1.165) is 35.4 Å². The summed E-state index contributed by atoms with van der Waals surface area (Å²) in [7, 11) is 0. The summed E-state index contributed by atoms with van der Waals surface area (Å²) in [5.41, 5.74) is 3.24. The van der Waals surface area contributed by atoms with E-state index in [9.17, 15) is 4.79 Å². The van der Waals surface area contributed by atoms with E-state index >= 15 is 0 Å². The maximum absolute atomic E-state index is 12.2. The lowest BCUT2D eigenvalue weighted by atomic mass is 9.98. The minimum atomic E-state index is -0.250. The summed E-state index contributed by atoms with van der Waals surface area (Å²) >= 11 is 0. The van der Waals surface area contributed by atoms with Crippen molar-refractivity contribution in [3.8, 4) is 17.2 Å². The molecule has 4 rings (SSSR count). The topological polar surface area (TPSA) is 89.3 Å². The molecule has 0 saturated heterocycles. The zero-order valence-electron chi connectivity index (χ0n) is 17.8. The van der Waals surface area contributed by atoms with Crippen molar-refractivity contribution in [2.24, 2.45) is 0 Å². The standard InChI is InChI=1S/C24H28N4O3/c1-17-21(16-27-24(29)26-14-18-8-4-2-5-9-18)23(31-28-17)22-13-12-20(15-25-22)30-19-10-6-3-7-11-19/h2,4-5,8-9,12-13,15,19H,3,6-7,10-11,14,16H2,1H3,(H2,26,27,29). The van der Waals surface area contributed by atoms with Gasteiger partial charge >= 0.3 is 6.03 Å². The highest BCUT2D eigenvalue weighted by Crippen LogP contribution is 2.27. The first-order valence-electron chi connectivity index (χ1n) is 10.8. The molecule has 0 bridgehead atoms. The van der Waals surface area contributed by atoms with Crippen LogP contribution in [0, 0.1) is 6.92 Å². The molecule has 2 aromatic heterocycles. The molecule has 7 nitrogen and oxygen atoms in total. The van der Waals surface area contributed by atoms with Crippen LogP contribution in [0.15, 0.2) is 53.2 Å². The van der Waals surface area contributed by atoms with Gasteiger partial charge in [-0.2, -0.15) is 0 Å². The van der Waals surface area contributed by atoms with E-state index in [4.69, 9.17) is 9.26 Å². The third kappa shape index (κ3) is 5.63. The van der Waals surface area contributed by atoms with Crippen molar-refractivity contribution < 1.29 is 14.1 Å². The number of amides is 2. The fourth-order valence-electron chi connectivity index (χ4n) is 3.77. The molecule has 1 aliphatic rings. The number of aryl methyl sites for hydroxylation is 1. The first-order valence-corrected chi connectivity index (χ1v) is 10.8. The van der Waals surface area contributed by atoms with Gasteiger partial charge in [0.1, 0.15) is 11.4 Å². The molecule has 162 valence electrons. The van der Waals surface area contributed by atoms with Crippen LogP contribution < -0.4 is 15.4 Å². The number of rotatable bonds is 7. The van der Waals surface area contributed by atoms with E-state index in [2.05, 4.69) is 20.8 Å². The van der Waals surface area contributed by atoms with Gasteiger partial charge in [0.05, 0.1) is 24.5 Å². The molecule has 2 N–H and O–H groups in total. The second kappa shape index (κ2) is 10.1. The molecule has 31 heavy (non-hydrogen) atoms. The Bertz CT molecular complexity index is 980. The van der Waals surface area contributed by atoms with E-state index in [0.29, 0.717) is 24.5 Å². The lowest BCUT2D eigenvalue weighted by Crippen LogP contribution is -2.34. The van der Waals surface area contributed by atoms with E-state index in [-0.39, 0.29) is 12.1 Å². The van der Waals surface area contributed by atoms with Crippen molar-refractivity contribution >= 4 is 6.03 Å². The average Bonchev–Trinajstić information content (AvgIpc) is 3.18. The van der Waals surface area contributed by atoms with Gasteiger partial charge in [-0.25, -0.2) is 9.78 Å². The molecule has 1 saturated carbocycles. The molecular formula is C24H28N4O3. The molecule has 1 aromatic carbocycles. The number of benzene rings is 1. The molecular weight excluding hydrogens is 392 g/mol. The summed E-state index contributed by atoms with van der Waals surface area (Å²) in [6, 6.07) is 13.3. The fourth-order valence-corrected chi connectivity index (χ4v) is 3.77. The van der Waals surface area contributed by atoms with Crippen LogP contribution in [-0.2, 0) is 13.1 Å². The van der Waals surface area contributed by atoms with Gasteiger partial charge in [0.2, 0.25) is 0 Å². The average molecular weight is 421 g/mol. The predicted octanol–water partition coefficient (Wildman–Crippen LogP) is 4.76. The van der Waals surface area contributed by atoms with Gasteiger partial charge in [-0.05, 0) is 50.3 Å². The summed E-state index contributed by atoms with van der Waals surface area (Å²) in [6.07, 6.45) is 7.96. The smallest absolute Gasteiger partial charge is 0.315 e. The van der Waals surface area contributed by atoms with E-state index in [1.54, 1.807) is 6.20 Å². The zero-order valence-corrected chi connectivity index (χ0v) is 17.8. The molecule has 7 heteroatoms. The van der Waals surface area contributed by atoms with Gasteiger partial charge in [0.25, 0.3) is 0 Å². The van der Waals surface area contributed by atoms with E-state index in [1.165, 1.54) is 19.3 Å². The van der Waals surface area contributed by atoms with Crippen molar-refractivity contribution in [2.75, 3.05) is 0 Å². The number of pyridine rings is 1. The van der Waals surface area contributed by atoms with Crippen LogP contribution in [0.4, 0.5) is 4.79 Å². The first-order chi connectivity index (χ1) is 15.2. The highest BCUT2D eigenvalue weighted by molar-refractivity contribution is 5.74. The first kappa shape index (κ1) is 20.9. The van der Waals surface area contributed by atoms with Crippen molar-refractivity contribution in [3.05, 3.63) is 65.5 Å². The van der Waals surface area contributed by atoms with E-state index < -0.39 is 0 Å². The third-order valence-corrected chi connectivity index (χ3v) is 5.53. The Morgan fingerprint density at radius 3 is 2.58 bits per heavy atom. The summed E-state index contributed by atoms with van der Waals surface area (Å²) < 4.78 is 11.6. The molecule has 3 aromatic rings. The Labute approximate surface area is 182 Å². The van der Waals surface area contributed by atoms with Gasteiger partial charge < -0.3 is 19.9 Å². The van der Waals surface area contributed by atoms with Crippen LogP contribution >= 0.6 is 0 Å². The second-order valence-corrected chi connectivity index (χ2v) is 7.85. The fraction of sp³-hybridized carbons (Fsp3) is 0.375. The number of nitrogens with zero attached hydrogens (tertiary/aromatic N) is 2. The molecule has 0 aliphatic heterocycles. The SMILES string of the molecule is Cc1noc(-c2ccc(OC3CCCCC3)cn2)c1CNC(=O)NCc1ccccc1. The summed E-state index contributed by atoms with van der Waals surface area (Å²) in [4.78, 5) is 16.7. The minimum Gasteiger partial charge on any atom is -0.489 e.